The zero-order valence-corrected chi connectivity index (χ0v) is 21.5. The van der Waals surface area contributed by atoms with E-state index in [9.17, 15) is 4.79 Å². The number of hydrogen-bond acceptors (Lipinski definition) is 6. The SMILES string of the molecule is Cc1cc(-c2[nH]c3sc(C4CCN(C(=O)[C@H]5COCCN5)CC4)cc3c2C(C)C)cnc1N=CN. The first-order valence-electron chi connectivity index (χ1n) is 12.4. The third-order valence-electron chi connectivity index (χ3n) is 7.09. The number of thiophene rings is 1. The van der Waals surface area contributed by atoms with Crippen molar-refractivity contribution in [1.82, 2.24) is 20.2 Å². The number of pyridine rings is 1. The number of aromatic nitrogens is 2. The molecule has 0 spiro atoms. The summed E-state index contributed by atoms with van der Waals surface area (Å²) in [5.41, 5.74) is 9.97. The van der Waals surface area contributed by atoms with Crippen molar-refractivity contribution < 1.29 is 9.53 Å². The Kier molecular flexibility index (Phi) is 6.91. The number of nitrogens with one attached hydrogen (secondary N) is 2. The number of H-pyrrole nitrogens is 1. The van der Waals surface area contributed by atoms with Crippen molar-refractivity contribution in [2.24, 2.45) is 10.7 Å². The summed E-state index contributed by atoms with van der Waals surface area (Å²) in [4.78, 5) is 29.8. The first-order chi connectivity index (χ1) is 17.0. The van der Waals surface area contributed by atoms with Gasteiger partial charge < -0.3 is 25.7 Å². The summed E-state index contributed by atoms with van der Waals surface area (Å²) in [6.07, 6.45) is 5.15. The van der Waals surface area contributed by atoms with Crippen LogP contribution >= 0.6 is 11.3 Å². The molecule has 0 radical (unpaired) electrons. The summed E-state index contributed by atoms with van der Waals surface area (Å²) in [7, 11) is 0. The molecule has 2 fully saturated rings. The fourth-order valence-electron chi connectivity index (χ4n) is 5.29. The molecule has 0 aromatic carbocycles. The maximum absolute atomic E-state index is 12.8. The zero-order chi connectivity index (χ0) is 24.5. The van der Waals surface area contributed by atoms with E-state index in [0.29, 0.717) is 30.9 Å². The van der Waals surface area contributed by atoms with Gasteiger partial charge in [-0.15, -0.1) is 11.3 Å². The van der Waals surface area contributed by atoms with Gasteiger partial charge in [-0.25, -0.2) is 9.98 Å². The van der Waals surface area contributed by atoms with Crippen molar-refractivity contribution in [2.75, 3.05) is 32.8 Å². The largest absolute Gasteiger partial charge is 0.390 e. The van der Waals surface area contributed by atoms with E-state index in [2.05, 4.69) is 46.3 Å². The average molecular weight is 495 g/mol. The number of aromatic amines is 1. The quantitative estimate of drug-likeness (QED) is 0.366. The van der Waals surface area contributed by atoms with E-state index in [1.165, 1.54) is 27.0 Å². The number of likely N-dealkylation sites (tertiary alicyclic amines) is 1. The molecule has 0 bridgehead atoms. The molecule has 0 saturated carbocycles. The molecule has 2 aliphatic rings. The second-order valence-corrected chi connectivity index (χ2v) is 10.9. The number of morpholine rings is 1. The molecule has 9 heteroatoms. The van der Waals surface area contributed by atoms with Crippen LogP contribution in [0, 0.1) is 6.92 Å². The highest BCUT2D eigenvalue weighted by Crippen LogP contribution is 2.43. The monoisotopic (exact) mass is 494 g/mol. The van der Waals surface area contributed by atoms with E-state index >= 15 is 0 Å². The molecule has 4 N–H and O–H groups in total. The summed E-state index contributed by atoms with van der Waals surface area (Å²) >= 11 is 1.85. The smallest absolute Gasteiger partial charge is 0.242 e. The second-order valence-electron chi connectivity index (χ2n) is 9.78. The second kappa shape index (κ2) is 10.1. The number of rotatable bonds is 5. The first-order valence-corrected chi connectivity index (χ1v) is 13.2. The van der Waals surface area contributed by atoms with E-state index < -0.39 is 0 Å². The Morgan fingerprint density at radius 1 is 1.34 bits per heavy atom. The van der Waals surface area contributed by atoms with Gasteiger partial charge in [0.2, 0.25) is 5.91 Å². The standard InChI is InChI=1S/C26H34N6O2S/c1-15(2)22-19-11-21(17-4-7-32(8-5-17)26(33)20-13-34-9-6-28-20)35-25(19)31-23(22)18-10-16(3)24(29-12-18)30-14-27/h10-12,14-15,17,20,28,31H,4-9,13H2,1-3H3,(H2,27,29,30)/t20-/m1/s1. The van der Waals surface area contributed by atoms with Crippen LogP contribution < -0.4 is 11.1 Å². The van der Waals surface area contributed by atoms with Gasteiger partial charge in [0.25, 0.3) is 0 Å². The molecule has 0 aliphatic carbocycles. The number of piperidine rings is 1. The molecule has 5 rings (SSSR count). The van der Waals surface area contributed by atoms with Crippen molar-refractivity contribution in [3.63, 3.8) is 0 Å². The predicted octanol–water partition coefficient (Wildman–Crippen LogP) is 4.04. The van der Waals surface area contributed by atoms with Crippen molar-refractivity contribution in [2.45, 2.75) is 51.5 Å². The molecule has 0 unspecified atom stereocenters. The summed E-state index contributed by atoms with van der Waals surface area (Å²) < 4.78 is 5.48. The van der Waals surface area contributed by atoms with Crippen LogP contribution in [0.2, 0.25) is 0 Å². The van der Waals surface area contributed by atoms with Gasteiger partial charge >= 0.3 is 0 Å². The molecule has 1 atom stereocenters. The van der Waals surface area contributed by atoms with Crippen molar-refractivity contribution in [1.29, 1.82) is 0 Å². The number of amides is 1. The highest BCUT2D eigenvalue weighted by atomic mass is 32.1. The lowest BCUT2D eigenvalue weighted by Gasteiger charge is -2.35. The Labute approximate surface area is 210 Å². The maximum Gasteiger partial charge on any atom is 0.242 e. The summed E-state index contributed by atoms with van der Waals surface area (Å²) in [5.74, 6) is 1.68. The third-order valence-corrected chi connectivity index (χ3v) is 8.30. The molecule has 35 heavy (non-hydrogen) atoms. The number of carbonyl (C=O) groups excluding carboxylic acids is 1. The number of aliphatic imine (C=N–C) groups is 1. The van der Waals surface area contributed by atoms with Crippen molar-refractivity contribution in [3.8, 4) is 11.3 Å². The molecule has 3 aromatic heterocycles. The van der Waals surface area contributed by atoms with Gasteiger partial charge in [0.05, 0.1) is 25.2 Å². The average Bonchev–Trinajstić information content (AvgIpc) is 3.44. The molecule has 8 nitrogen and oxygen atoms in total. The van der Waals surface area contributed by atoms with Crippen LogP contribution in [0.4, 0.5) is 5.82 Å². The van der Waals surface area contributed by atoms with Gasteiger partial charge in [-0.05, 0) is 54.9 Å². The zero-order valence-electron chi connectivity index (χ0n) is 20.6. The molecular weight excluding hydrogens is 460 g/mol. The Balaban J connectivity index is 1.35. The number of carbonyl (C=O) groups is 1. The van der Waals surface area contributed by atoms with Crippen LogP contribution in [0.25, 0.3) is 21.5 Å². The van der Waals surface area contributed by atoms with E-state index in [4.69, 9.17) is 10.5 Å². The van der Waals surface area contributed by atoms with Crippen LogP contribution in [-0.4, -0.2) is 66.0 Å². The highest BCUT2D eigenvalue weighted by Gasteiger charge is 2.31. The lowest BCUT2D eigenvalue weighted by molar-refractivity contribution is -0.137. The topological polar surface area (TPSA) is 109 Å². The van der Waals surface area contributed by atoms with Crippen LogP contribution in [0.5, 0.6) is 0 Å². The van der Waals surface area contributed by atoms with E-state index in [0.717, 1.165) is 49.3 Å². The maximum atomic E-state index is 12.8. The van der Waals surface area contributed by atoms with E-state index in [1.54, 1.807) is 0 Å². The van der Waals surface area contributed by atoms with Gasteiger partial charge in [-0.3, -0.25) is 4.79 Å². The van der Waals surface area contributed by atoms with Crippen molar-refractivity contribution >= 4 is 39.6 Å². The van der Waals surface area contributed by atoms with Crippen LogP contribution in [0.3, 0.4) is 0 Å². The van der Waals surface area contributed by atoms with Crippen LogP contribution in [-0.2, 0) is 9.53 Å². The number of nitrogens with zero attached hydrogens (tertiary/aromatic N) is 3. The van der Waals surface area contributed by atoms with Crippen LogP contribution in [0.15, 0.2) is 23.3 Å². The summed E-state index contributed by atoms with van der Waals surface area (Å²) in [5, 5.41) is 4.59. The lowest BCUT2D eigenvalue weighted by Crippen LogP contribution is -2.53. The fraction of sp³-hybridized carbons (Fsp3) is 0.500. The fourth-order valence-corrected chi connectivity index (χ4v) is 6.53. The van der Waals surface area contributed by atoms with Crippen LogP contribution in [0.1, 0.15) is 54.5 Å². The van der Waals surface area contributed by atoms with Gasteiger partial charge in [0, 0.05) is 41.7 Å². The normalized spacial score (nSPS) is 19.9. The van der Waals surface area contributed by atoms with E-state index in [1.807, 2.05) is 29.4 Å². The summed E-state index contributed by atoms with van der Waals surface area (Å²) in [6, 6.07) is 4.30. The number of fused-ring (bicyclic) bond motifs is 1. The minimum absolute atomic E-state index is 0.181. The molecule has 2 saturated heterocycles. The Morgan fingerprint density at radius 3 is 2.80 bits per heavy atom. The third kappa shape index (κ3) is 4.72. The van der Waals surface area contributed by atoms with Gasteiger partial charge in [0.1, 0.15) is 10.9 Å². The predicted molar refractivity (Wildman–Crippen MR) is 142 cm³/mol. The Hall–Kier alpha value is -2.75. The number of ether oxygens (including phenoxy) is 1. The number of nitrogens with two attached hydrogens (primary N) is 1. The minimum atomic E-state index is -0.193. The van der Waals surface area contributed by atoms with Gasteiger partial charge in [0.15, 0.2) is 5.82 Å². The first kappa shape index (κ1) is 24.0. The van der Waals surface area contributed by atoms with Gasteiger partial charge in [-0.1, -0.05) is 13.8 Å². The lowest BCUT2D eigenvalue weighted by atomic mass is 9.93. The minimum Gasteiger partial charge on any atom is -0.390 e. The molecular formula is C26H34N6O2S. The van der Waals surface area contributed by atoms with Gasteiger partial charge in [-0.2, -0.15) is 0 Å². The number of hydrogen-bond donors (Lipinski definition) is 3. The highest BCUT2D eigenvalue weighted by molar-refractivity contribution is 7.18. The Bertz CT molecular complexity index is 1230. The molecule has 5 heterocycles. The molecule has 2 aliphatic heterocycles. The molecule has 186 valence electrons. The Morgan fingerprint density at radius 2 is 2.14 bits per heavy atom. The van der Waals surface area contributed by atoms with E-state index in [-0.39, 0.29) is 11.9 Å². The van der Waals surface area contributed by atoms with Crippen molar-refractivity contribution in [3.05, 3.63) is 34.3 Å². The molecule has 3 aromatic rings. The summed E-state index contributed by atoms with van der Waals surface area (Å²) in [6.45, 7) is 10.0. The molecule has 1 amide bonds. The number of aryl methyl sites for hydroxylation is 1.